The smallest absolute Gasteiger partial charge is 0.243 e. The number of ether oxygens (including phenoxy) is 1. The molecule has 2 aliphatic heterocycles. The summed E-state index contributed by atoms with van der Waals surface area (Å²) in [5, 5.41) is 9.87. The van der Waals surface area contributed by atoms with Crippen LogP contribution < -0.4 is 5.43 Å². The van der Waals surface area contributed by atoms with Crippen molar-refractivity contribution in [3.05, 3.63) is 23.8 Å². The highest BCUT2D eigenvalue weighted by Gasteiger charge is 2.23. The molecule has 7 heteroatoms. The standard InChI is InChI=1S/C19H26N4O3/c1-14-13-17(24)21-22-19(14)15-6-8-16(9-7-15)26-12-3-2-11-23-18(25)5-4-10-20-23/h6-8,10,14,16H,2-5,9,11-13H2,1H3,(H,21,24). The summed E-state index contributed by atoms with van der Waals surface area (Å²) in [6, 6.07) is 0. The minimum atomic E-state index is -0.0280. The van der Waals surface area contributed by atoms with Gasteiger partial charge >= 0.3 is 0 Å². The molecule has 2 heterocycles. The van der Waals surface area contributed by atoms with Gasteiger partial charge < -0.3 is 4.74 Å². The molecule has 0 aromatic rings. The van der Waals surface area contributed by atoms with Crippen LogP contribution in [0.5, 0.6) is 0 Å². The zero-order valence-electron chi connectivity index (χ0n) is 15.2. The normalized spacial score (nSPS) is 25.8. The highest BCUT2D eigenvalue weighted by atomic mass is 16.5. The third-order valence-corrected chi connectivity index (χ3v) is 4.71. The third-order valence-electron chi connectivity index (χ3n) is 4.71. The maximum absolute atomic E-state index is 11.6. The molecule has 2 atom stereocenters. The maximum atomic E-state index is 11.6. The largest absolute Gasteiger partial charge is 0.374 e. The van der Waals surface area contributed by atoms with E-state index < -0.39 is 0 Å². The molecule has 0 bridgehead atoms. The van der Waals surface area contributed by atoms with Crippen molar-refractivity contribution in [1.29, 1.82) is 0 Å². The van der Waals surface area contributed by atoms with Crippen LogP contribution in [0.15, 0.2) is 34.0 Å². The number of hydrazone groups is 2. The Morgan fingerprint density at radius 3 is 2.96 bits per heavy atom. The van der Waals surface area contributed by atoms with Crippen molar-refractivity contribution in [2.45, 2.75) is 51.6 Å². The second-order valence-corrected chi connectivity index (χ2v) is 6.86. The average molecular weight is 358 g/mol. The topological polar surface area (TPSA) is 83.4 Å². The van der Waals surface area contributed by atoms with E-state index >= 15 is 0 Å². The summed E-state index contributed by atoms with van der Waals surface area (Å²) < 4.78 is 5.90. The predicted octanol–water partition coefficient (Wildman–Crippen LogP) is 2.16. The number of rotatable bonds is 7. The summed E-state index contributed by atoms with van der Waals surface area (Å²) in [4.78, 5) is 23.0. The quantitative estimate of drug-likeness (QED) is 0.708. The Morgan fingerprint density at radius 1 is 1.35 bits per heavy atom. The van der Waals surface area contributed by atoms with Crippen molar-refractivity contribution in [3.8, 4) is 0 Å². The van der Waals surface area contributed by atoms with Crippen molar-refractivity contribution in [1.82, 2.24) is 10.4 Å². The number of amides is 2. The SMILES string of the molecule is CC1CC(=O)NN=C1C1=CCC(OCCCCN2N=CCCC2=O)C=C1. The first-order chi connectivity index (χ1) is 12.6. The van der Waals surface area contributed by atoms with Gasteiger partial charge in [0, 0.05) is 38.1 Å². The Labute approximate surface area is 153 Å². The van der Waals surface area contributed by atoms with E-state index in [2.05, 4.69) is 27.8 Å². The van der Waals surface area contributed by atoms with Gasteiger partial charge in [-0.3, -0.25) is 9.59 Å². The number of unbranched alkanes of at least 4 members (excludes halogenated alkanes) is 1. The van der Waals surface area contributed by atoms with E-state index in [0.29, 0.717) is 26.0 Å². The van der Waals surface area contributed by atoms with E-state index in [1.807, 2.05) is 13.0 Å². The second-order valence-electron chi connectivity index (χ2n) is 6.86. The van der Waals surface area contributed by atoms with E-state index in [4.69, 9.17) is 4.74 Å². The molecule has 0 fully saturated rings. The average Bonchev–Trinajstić information content (AvgIpc) is 2.64. The number of allylic oxidation sites excluding steroid dienone is 2. The van der Waals surface area contributed by atoms with Gasteiger partial charge in [-0.05, 0) is 31.3 Å². The molecule has 0 saturated heterocycles. The van der Waals surface area contributed by atoms with Gasteiger partial charge in [0.2, 0.25) is 11.8 Å². The van der Waals surface area contributed by atoms with Crippen LogP contribution in [0.3, 0.4) is 0 Å². The Balaban J connectivity index is 1.35. The fraction of sp³-hybridized carbons (Fsp3) is 0.579. The molecule has 2 unspecified atom stereocenters. The molecule has 0 aromatic carbocycles. The van der Waals surface area contributed by atoms with Crippen molar-refractivity contribution in [2.75, 3.05) is 13.2 Å². The van der Waals surface area contributed by atoms with Crippen LogP contribution in [0.2, 0.25) is 0 Å². The Kier molecular flexibility index (Phi) is 6.33. The lowest BCUT2D eigenvalue weighted by atomic mass is 9.90. The zero-order valence-corrected chi connectivity index (χ0v) is 15.2. The van der Waals surface area contributed by atoms with Crippen molar-refractivity contribution in [2.24, 2.45) is 16.1 Å². The molecule has 1 aliphatic carbocycles. The minimum Gasteiger partial charge on any atom is -0.374 e. The molecule has 3 rings (SSSR count). The number of carbonyl (C=O) groups excluding carboxylic acids is 2. The minimum absolute atomic E-state index is 0.0280. The van der Waals surface area contributed by atoms with Crippen LogP contribution in [-0.2, 0) is 14.3 Å². The van der Waals surface area contributed by atoms with Gasteiger partial charge in [0.05, 0.1) is 11.8 Å². The Hall–Kier alpha value is -2.28. The molecule has 0 aromatic heterocycles. The molecule has 3 aliphatic rings. The van der Waals surface area contributed by atoms with Crippen LogP contribution in [0.4, 0.5) is 0 Å². The Bertz CT molecular complexity index is 666. The van der Waals surface area contributed by atoms with E-state index in [1.165, 1.54) is 0 Å². The Morgan fingerprint density at radius 2 is 2.23 bits per heavy atom. The van der Waals surface area contributed by atoms with E-state index in [1.54, 1.807) is 11.2 Å². The number of nitrogens with zero attached hydrogens (tertiary/aromatic N) is 3. The summed E-state index contributed by atoms with van der Waals surface area (Å²) in [6.07, 6.45) is 12.5. The number of carbonyl (C=O) groups is 2. The van der Waals surface area contributed by atoms with Gasteiger partial charge in [0.1, 0.15) is 0 Å². The predicted molar refractivity (Wildman–Crippen MR) is 99.6 cm³/mol. The van der Waals surface area contributed by atoms with Crippen molar-refractivity contribution < 1.29 is 14.3 Å². The molecule has 26 heavy (non-hydrogen) atoms. The van der Waals surface area contributed by atoms with Gasteiger partial charge in [-0.1, -0.05) is 25.2 Å². The summed E-state index contributed by atoms with van der Waals surface area (Å²) in [7, 11) is 0. The molecule has 0 saturated carbocycles. The lowest BCUT2D eigenvalue weighted by Crippen LogP contribution is -2.32. The number of nitrogens with one attached hydrogen (secondary N) is 1. The monoisotopic (exact) mass is 358 g/mol. The van der Waals surface area contributed by atoms with E-state index in [0.717, 1.165) is 37.0 Å². The highest BCUT2D eigenvalue weighted by Crippen LogP contribution is 2.21. The molecule has 7 nitrogen and oxygen atoms in total. The van der Waals surface area contributed by atoms with Crippen LogP contribution >= 0.6 is 0 Å². The van der Waals surface area contributed by atoms with Gasteiger partial charge in [-0.15, -0.1) is 0 Å². The molecule has 0 spiro atoms. The fourth-order valence-corrected chi connectivity index (χ4v) is 3.24. The second kappa shape index (κ2) is 8.89. The van der Waals surface area contributed by atoms with Gasteiger partial charge in [-0.25, -0.2) is 10.4 Å². The first-order valence-electron chi connectivity index (χ1n) is 9.33. The van der Waals surface area contributed by atoms with E-state index in [-0.39, 0.29) is 23.8 Å². The van der Waals surface area contributed by atoms with Crippen LogP contribution in [0, 0.1) is 5.92 Å². The highest BCUT2D eigenvalue weighted by molar-refractivity contribution is 6.07. The lowest BCUT2D eigenvalue weighted by Gasteiger charge is -2.23. The summed E-state index contributed by atoms with van der Waals surface area (Å²) in [6.45, 7) is 3.34. The number of hydrogen-bond acceptors (Lipinski definition) is 5. The number of hydrogen-bond donors (Lipinski definition) is 1. The third kappa shape index (κ3) is 4.88. The zero-order chi connectivity index (χ0) is 18.4. The molecule has 1 N–H and O–H groups in total. The van der Waals surface area contributed by atoms with Crippen molar-refractivity contribution in [3.63, 3.8) is 0 Å². The van der Waals surface area contributed by atoms with Gasteiger partial charge in [0.15, 0.2) is 0 Å². The molecule has 0 radical (unpaired) electrons. The summed E-state index contributed by atoms with van der Waals surface area (Å²) in [5.41, 5.74) is 4.56. The first kappa shape index (κ1) is 18.5. The molecule has 140 valence electrons. The summed E-state index contributed by atoms with van der Waals surface area (Å²) >= 11 is 0. The van der Waals surface area contributed by atoms with Gasteiger partial charge in [0.25, 0.3) is 0 Å². The first-order valence-corrected chi connectivity index (χ1v) is 9.33. The molecule has 2 amide bonds. The van der Waals surface area contributed by atoms with Crippen LogP contribution in [0.25, 0.3) is 0 Å². The maximum Gasteiger partial charge on any atom is 0.243 e. The van der Waals surface area contributed by atoms with Crippen molar-refractivity contribution >= 4 is 23.7 Å². The fourth-order valence-electron chi connectivity index (χ4n) is 3.24. The summed E-state index contributed by atoms with van der Waals surface area (Å²) in [5.74, 6) is 0.217. The molecular weight excluding hydrogens is 332 g/mol. The van der Waals surface area contributed by atoms with E-state index in [9.17, 15) is 9.59 Å². The van der Waals surface area contributed by atoms with Gasteiger partial charge in [-0.2, -0.15) is 10.2 Å². The molecular formula is C19H26N4O3. The van der Waals surface area contributed by atoms with Crippen LogP contribution in [-0.4, -0.2) is 48.0 Å². The van der Waals surface area contributed by atoms with Crippen LogP contribution in [0.1, 0.15) is 45.4 Å². The lowest BCUT2D eigenvalue weighted by molar-refractivity contribution is -0.131.